The lowest BCUT2D eigenvalue weighted by Crippen LogP contribution is -1.85. The van der Waals surface area contributed by atoms with Crippen LogP contribution in [0.15, 0.2) is 68.5 Å². The molecule has 0 saturated carbocycles. The number of nitrogens with zero attached hydrogens (tertiary/aromatic N) is 4. The predicted molar refractivity (Wildman–Crippen MR) is 92.1 cm³/mol. The number of rotatable bonds is 6. The third-order valence-corrected chi connectivity index (χ3v) is 2.84. The topological polar surface area (TPSA) is 118 Å². The molecule has 8 heteroatoms. The van der Waals surface area contributed by atoms with Crippen molar-refractivity contribution >= 4 is 35.7 Å². The molecule has 0 aliphatic rings. The molecule has 0 spiro atoms. The average molecular weight is 348 g/mol. The summed E-state index contributed by atoms with van der Waals surface area (Å²) in [6.07, 6.45) is 5.74. The minimum absolute atomic E-state index is 0.308. The highest BCUT2D eigenvalue weighted by molar-refractivity contribution is 5.55. The van der Waals surface area contributed by atoms with E-state index in [1.807, 2.05) is 24.3 Å². The summed E-state index contributed by atoms with van der Waals surface area (Å²) in [6, 6.07) is 13.6. The fourth-order valence-electron chi connectivity index (χ4n) is 1.78. The third kappa shape index (κ3) is 7.99. The predicted octanol–water partition coefficient (Wildman–Crippen LogP) is 2.98. The summed E-state index contributed by atoms with van der Waals surface area (Å²) in [7, 11) is 0. The van der Waals surface area contributed by atoms with Gasteiger partial charge in [0, 0.05) is 0 Å². The Balaban J connectivity index is 0.000000263. The second-order valence-electron chi connectivity index (χ2n) is 4.56. The molecule has 8 nitrogen and oxygen atoms in total. The van der Waals surface area contributed by atoms with Crippen molar-refractivity contribution in [1.82, 2.24) is 0 Å². The molecule has 26 heavy (non-hydrogen) atoms. The van der Waals surface area contributed by atoms with E-state index in [1.165, 1.54) is 24.3 Å². The van der Waals surface area contributed by atoms with Gasteiger partial charge < -0.3 is 0 Å². The number of benzene rings is 2. The maximum Gasteiger partial charge on any atom is 0.240 e. The SMILES string of the molecule is O=C=NCc1cccc(CN=C=O)c1.O=C=Nc1ccc(N=C=O)cc1. The Morgan fingerprint density at radius 3 is 1.38 bits per heavy atom. The van der Waals surface area contributed by atoms with Gasteiger partial charge in [0.05, 0.1) is 24.5 Å². The lowest BCUT2D eigenvalue weighted by atomic mass is 10.1. The Bertz CT molecular complexity index is 842. The summed E-state index contributed by atoms with van der Waals surface area (Å²) in [4.78, 5) is 53.0. The van der Waals surface area contributed by atoms with E-state index in [9.17, 15) is 19.2 Å². The number of hydrogen-bond donors (Lipinski definition) is 0. The summed E-state index contributed by atoms with van der Waals surface area (Å²) in [6.45, 7) is 0.615. The number of carbonyl (C=O) groups excluding carboxylic acids is 4. The molecule has 0 unspecified atom stereocenters. The van der Waals surface area contributed by atoms with Crippen LogP contribution in [-0.2, 0) is 32.3 Å². The van der Waals surface area contributed by atoms with Crippen molar-refractivity contribution < 1.29 is 19.2 Å². The minimum atomic E-state index is 0.308. The molecule has 0 aliphatic heterocycles. The molecule has 0 radical (unpaired) electrons. The lowest BCUT2D eigenvalue weighted by molar-refractivity contribution is 0.562. The van der Waals surface area contributed by atoms with Gasteiger partial charge in [-0.05, 0) is 35.4 Å². The highest BCUT2D eigenvalue weighted by atomic mass is 16.1. The van der Waals surface area contributed by atoms with Gasteiger partial charge in [0.1, 0.15) is 0 Å². The molecule has 128 valence electrons. The van der Waals surface area contributed by atoms with Gasteiger partial charge in [0.25, 0.3) is 0 Å². The van der Waals surface area contributed by atoms with Gasteiger partial charge in [0.15, 0.2) is 0 Å². The average Bonchev–Trinajstić information content (AvgIpc) is 2.67. The summed E-state index contributed by atoms with van der Waals surface area (Å²) in [5.74, 6) is 0. The van der Waals surface area contributed by atoms with E-state index < -0.39 is 0 Å². The zero-order valence-corrected chi connectivity index (χ0v) is 13.5. The van der Waals surface area contributed by atoms with E-state index in [1.54, 1.807) is 24.3 Å². The molecule has 0 fully saturated rings. The van der Waals surface area contributed by atoms with Crippen LogP contribution in [0.4, 0.5) is 11.4 Å². The van der Waals surface area contributed by atoms with Crippen molar-refractivity contribution in [2.24, 2.45) is 20.0 Å². The van der Waals surface area contributed by atoms with Gasteiger partial charge in [-0.15, -0.1) is 0 Å². The van der Waals surface area contributed by atoms with E-state index >= 15 is 0 Å². The second kappa shape index (κ2) is 12.4. The first-order valence-electron chi connectivity index (χ1n) is 7.14. The zero-order valence-electron chi connectivity index (χ0n) is 13.5. The first-order valence-corrected chi connectivity index (χ1v) is 7.14. The van der Waals surface area contributed by atoms with E-state index in [0.717, 1.165) is 11.1 Å². The molecule has 0 atom stereocenters. The summed E-state index contributed by atoms with van der Waals surface area (Å²) < 4.78 is 0. The molecule has 0 N–H and O–H groups in total. The van der Waals surface area contributed by atoms with Gasteiger partial charge in [-0.1, -0.05) is 24.3 Å². The summed E-state index contributed by atoms with van der Waals surface area (Å²) >= 11 is 0. The van der Waals surface area contributed by atoms with Crippen LogP contribution in [0.1, 0.15) is 11.1 Å². The molecule has 0 aliphatic carbocycles. The molecule has 2 aromatic carbocycles. The van der Waals surface area contributed by atoms with Gasteiger partial charge >= 0.3 is 0 Å². The van der Waals surface area contributed by atoms with E-state index in [4.69, 9.17) is 0 Å². The van der Waals surface area contributed by atoms with Crippen LogP contribution in [-0.4, -0.2) is 24.3 Å². The van der Waals surface area contributed by atoms with Crippen LogP contribution in [0.3, 0.4) is 0 Å². The second-order valence-corrected chi connectivity index (χ2v) is 4.56. The Hall–Kier alpha value is -4.04. The highest BCUT2D eigenvalue weighted by Gasteiger charge is 1.94. The molecular weight excluding hydrogens is 336 g/mol. The zero-order chi connectivity index (χ0) is 19.0. The molecule has 2 aromatic rings. The number of isocyanates is 4. The Labute approximate surface area is 148 Å². The Morgan fingerprint density at radius 2 is 1.04 bits per heavy atom. The Morgan fingerprint density at radius 1 is 0.615 bits per heavy atom. The fraction of sp³-hybridized carbons (Fsp3) is 0.111. The van der Waals surface area contributed by atoms with Crippen molar-refractivity contribution in [3.8, 4) is 0 Å². The molecular formula is C18H12N4O4. The van der Waals surface area contributed by atoms with Crippen LogP contribution >= 0.6 is 0 Å². The maximum atomic E-state index is 9.87. The van der Waals surface area contributed by atoms with Crippen LogP contribution in [0.2, 0.25) is 0 Å². The monoisotopic (exact) mass is 348 g/mol. The van der Waals surface area contributed by atoms with Crippen LogP contribution in [0, 0.1) is 0 Å². The van der Waals surface area contributed by atoms with Crippen molar-refractivity contribution in [3.05, 3.63) is 59.7 Å². The largest absolute Gasteiger partial charge is 0.240 e. The van der Waals surface area contributed by atoms with Gasteiger partial charge in [-0.2, -0.15) is 9.98 Å². The minimum Gasteiger partial charge on any atom is -0.211 e. The van der Waals surface area contributed by atoms with Crippen molar-refractivity contribution in [3.63, 3.8) is 0 Å². The van der Waals surface area contributed by atoms with E-state index in [0.29, 0.717) is 24.5 Å². The van der Waals surface area contributed by atoms with E-state index in [-0.39, 0.29) is 0 Å². The van der Waals surface area contributed by atoms with Crippen LogP contribution < -0.4 is 0 Å². The van der Waals surface area contributed by atoms with Crippen molar-refractivity contribution in [2.45, 2.75) is 13.1 Å². The molecule has 0 heterocycles. The quantitative estimate of drug-likeness (QED) is 0.589. The fourth-order valence-corrected chi connectivity index (χ4v) is 1.78. The van der Waals surface area contributed by atoms with Crippen molar-refractivity contribution in [1.29, 1.82) is 0 Å². The third-order valence-electron chi connectivity index (χ3n) is 2.84. The normalized spacial score (nSPS) is 8.31. The van der Waals surface area contributed by atoms with Crippen LogP contribution in [0.25, 0.3) is 0 Å². The molecule has 0 bridgehead atoms. The first kappa shape index (κ1) is 20.0. The Kier molecular flexibility index (Phi) is 9.53. The lowest BCUT2D eigenvalue weighted by Gasteiger charge is -1.98. The van der Waals surface area contributed by atoms with E-state index in [2.05, 4.69) is 20.0 Å². The smallest absolute Gasteiger partial charge is 0.211 e. The van der Waals surface area contributed by atoms with Gasteiger partial charge in [-0.25, -0.2) is 29.2 Å². The number of hydrogen-bond acceptors (Lipinski definition) is 8. The standard InChI is InChI=1S/C10H8N2O2.C8H4N2O2/c13-7-11-5-9-2-1-3-10(4-9)6-12-8-14;11-5-9-7-1-2-8(4-3-7)10-6-12/h1-4H,5-6H2;1-4H. The maximum absolute atomic E-state index is 9.87. The number of aliphatic imine (C=N–C) groups is 4. The van der Waals surface area contributed by atoms with Gasteiger partial charge in [-0.3, -0.25) is 0 Å². The first-order chi connectivity index (χ1) is 12.7. The van der Waals surface area contributed by atoms with Crippen molar-refractivity contribution in [2.75, 3.05) is 0 Å². The van der Waals surface area contributed by atoms with Gasteiger partial charge in [0.2, 0.25) is 24.3 Å². The molecule has 2 rings (SSSR count). The summed E-state index contributed by atoms with van der Waals surface area (Å²) in [5, 5.41) is 0. The molecule has 0 saturated heterocycles. The summed E-state index contributed by atoms with van der Waals surface area (Å²) in [5.41, 5.74) is 2.75. The van der Waals surface area contributed by atoms with Crippen LogP contribution in [0.5, 0.6) is 0 Å². The molecule has 0 amide bonds. The molecule has 0 aromatic heterocycles. The highest BCUT2D eigenvalue weighted by Crippen LogP contribution is 2.17.